The molecular weight excluding hydrogens is 388 g/mol. The average Bonchev–Trinajstić information content (AvgIpc) is 3.04. The molecule has 1 heterocycles. The zero-order valence-corrected chi connectivity index (χ0v) is 15.2. The van der Waals surface area contributed by atoms with Gasteiger partial charge in [-0.3, -0.25) is 10.1 Å². The smallest absolute Gasteiger partial charge is 0.321 e. The number of nitrogens with one attached hydrogen (secondary N) is 2. The normalized spacial score (nSPS) is 14.9. The van der Waals surface area contributed by atoms with Crippen LogP contribution in [-0.4, -0.2) is 38.2 Å². The minimum Gasteiger partial charge on any atom is -0.335 e. The van der Waals surface area contributed by atoms with E-state index in [9.17, 15) is 9.59 Å². The number of amides is 3. The van der Waals surface area contributed by atoms with Gasteiger partial charge in [-0.2, -0.15) is 4.80 Å². The maximum atomic E-state index is 11.9. The number of benzene rings is 1. The number of tetrazole rings is 1. The molecule has 8 nitrogen and oxygen atoms in total. The van der Waals surface area contributed by atoms with Gasteiger partial charge in [-0.05, 0) is 42.3 Å². The topological polar surface area (TPSA) is 102 Å². The summed E-state index contributed by atoms with van der Waals surface area (Å²) in [6, 6.07) is 7.13. The zero-order valence-electron chi connectivity index (χ0n) is 13.6. The van der Waals surface area contributed by atoms with E-state index in [1.807, 2.05) is 24.3 Å². The summed E-state index contributed by atoms with van der Waals surface area (Å²) < 4.78 is 0.951. The number of imide groups is 1. The number of urea groups is 1. The van der Waals surface area contributed by atoms with Crippen molar-refractivity contribution in [1.82, 2.24) is 30.8 Å². The molecule has 0 unspecified atom stereocenters. The van der Waals surface area contributed by atoms with Gasteiger partial charge in [-0.25, -0.2) is 4.79 Å². The Kier molecular flexibility index (Phi) is 5.75. The molecule has 9 heteroatoms. The molecule has 1 aromatic carbocycles. The van der Waals surface area contributed by atoms with Crippen molar-refractivity contribution in [1.29, 1.82) is 0 Å². The third-order valence-electron chi connectivity index (χ3n) is 4.03. The summed E-state index contributed by atoms with van der Waals surface area (Å²) in [7, 11) is 0. The summed E-state index contributed by atoms with van der Waals surface area (Å²) in [5.41, 5.74) is 0.796. The molecule has 0 aliphatic heterocycles. The van der Waals surface area contributed by atoms with Crippen LogP contribution in [0.3, 0.4) is 0 Å². The molecule has 0 atom stereocenters. The summed E-state index contributed by atoms with van der Waals surface area (Å²) in [5.74, 6) is -0.0555. The largest absolute Gasteiger partial charge is 0.335 e. The van der Waals surface area contributed by atoms with Crippen LogP contribution in [0, 0.1) is 0 Å². The highest BCUT2D eigenvalue weighted by Crippen LogP contribution is 2.18. The van der Waals surface area contributed by atoms with Crippen molar-refractivity contribution in [3.8, 4) is 11.4 Å². The van der Waals surface area contributed by atoms with E-state index in [0.29, 0.717) is 5.82 Å². The van der Waals surface area contributed by atoms with Crippen LogP contribution in [0.5, 0.6) is 0 Å². The quantitative estimate of drug-likeness (QED) is 0.810. The first kappa shape index (κ1) is 17.5. The van der Waals surface area contributed by atoms with E-state index < -0.39 is 11.9 Å². The molecule has 0 spiro atoms. The van der Waals surface area contributed by atoms with E-state index in [1.54, 1.807) is 0 Å². The van der Waals surface area contributed by atoms with E-state index in [-0.39, 0.29) is 12.6 Å². The second kappa shape index (κ2) is 8.19. The van der Waals surface area contributed by atoms with Gasteiger partial charge in [0.2, 0.25) is 5.82 Å². The van der Waals surface area contributed by atoms with Gasteiger partial charge >= 0.3 is 6.03 Å². The van der Waals surface area contributed by atoms with Gasteiger partial charge in [0.05, 0.1) is 0 Å². The molecule has 25 heavy (non-hydrogen) atoms. The molecule has 1 aliphatic carbocycles. The highest BCUT2D eigenvalue weighted by atomic mass is 79.9. The van der Waals surface area contributed by atoms with Crippen LogP contribution in [0.25, 0.3) is 11.4 Å². The van der Waals surface area contributed by atoms with Crippen LogP contribution in [-0.2, 0) is 11.3 Å². The van der Waals surface area contributed by atoms with E-state index >= 15 is 0 Å². The molecule has 0 saturated heterocycles. The molecule has 1 fully saturated rings. The van der Waals surface area contributed by atoms with Crippen molar-refractivity contribution in [3.05, 3.63) is 28.7 Å². The Labute approximate surface area is 153 Å². The van der Waals surface area contributed by atoms with E-state index in [4.69, 9.17) is 0 Å². The fraction of sp³-hybridized carbons (Fsp3) is 0.438. The predicted molar refractivity (Wildman–Crippen MR) is 94.5 cm³/mol. The molecule has 3 rings (SSSR count). The van der Waals surface area contributed by atoms with Gasteiger partial charge in [0.15, 0.2) is 0 Å². The summed E-state index contributed by atoms with van der Waals surface area (Å²) in [5, 5.41) is 17.1. The Balaban J connectivity index is 1.51. The maximum Gasteiger partial charge on any atom is 0.321 e. The molecule has 0 bridgehead atoms. The van der Waals surface area contributed by atoms with Crippen molar-refractivity contribution in [2.45, 2.75) is 44.7 Å². The molecule has 1 aromatic heterocycles. The van der Waals surface area contributed by atoms with Crippen molar-refractivity contribution >= 4 is 27.9 Å². The number of hydrogen-bond donors (Lipinski definition) is 2. The summed E-state index contributed by atoms with van der Waals surface area (Å²) in [4.78, 5) is 25.0. The second-order valence-corrected chi connectivity index (χ2v) is 6.92. The van der Waals surface area contributed by atoms with Crippen molar-refractivity contribution in [2.75, 3.05) is 0 Å². The Morgan fingerprint density at radius 1 is 1.16 bits per heavy atom. The van der Waals surface area contributed by atoms with Gasteiger partial charge in [0.1, 0.15) is 6.54 Å². The molecule has 1 aliphatic rings. The molecule has 2 aromatic rings. The molecule has 3 amide bonds. The number of hydrogen-bond acceptors (Lipinski definition) is 5. The summed E-state index contributed by atoms with van der Waals surface area (Å²) in [6.45, 7) is -0.165. The molecular formula is C16H19BrN6O2. The molecule has 2 N–H and O–H groups in total. The number of rotatable bonds is 4. The van der Waals surface area contributed by atoms with E-state index in [2.05, 4.69) is 42.0 Å². The molecule has 132 valence electrons. The van der Waals surface area contributed by atoms with Gasteiger partial charge in [-0.15, -0.1) is 10.2 Å². The van der Waals surface area contributed by atoms with E-state index in [0.717, 1.165) is 35.7 Å². The first-order valence-electron chi connectivity index (χ1n) is 8.24. The first-order valence-corrected chi connectivity index (χ1v) is 9.03. The van der Waals surface area contributed by atoms with Crippen molar-refractivity contribution < 1.29 is 9.59 Å². The van der Waals surface area contributed by atoms with Gasteiger partial charge < -0.3 is 5.32 Å². The monoisotopic (exact) mass is 406 g/mol. The van der Waals surface area contributed by atoms with Crippen molar-refractivity contribution in [2.24, 2.45) is 0 Å². The predicted octanol–water partition coefficient (Wildman–Crippen LogP) is 2.26. The van der Waals surface area contributed by atoms with Crippen LogP contribution < -0.4 is 10.6 Å². The summed E-state index contributed by atoms with van der Waals surface area (Å²) in [6.07, 6.45) is 5.35. The minimum absolute atomic E-state index is 0.148. The first-order chi connectivity index (χ1) is 12.1. The fourth-order valence-corrected chi connectivity index (χ4v) is 3.05. The number of halogens is 1. The Bertz CT molecular complexity index is 739. The lowest BCUT2D eigenvalue weighted by molar-refractivity contribution is -0.121. The zero-order chi connectivity index (χ0) is 17.6. The second-order valence-electron chi connectivity index (χ2n) is 6.01. The van der Waals surface area contributed by atoms with Crippen LogP contribution >= 0.6 is 15.9 Å². The van der Waals surface area contributed by atoms with Crippen molar-refractivity contribution in [3.63, 3.8) is 0 Å². The number of carbonyl (C=O) groups excluding carboxylic acids is 2. The SMILES string of the molecule is O=C(Cn1nnc(-c2ccc(Br)cc2)n1)NC(=O)NC1CCCCC1. The Morgan fingerprint density at radius 3 is 2.60 bits per heavy atom. The summed E-state index contributed by atoms with van der Waals surface area (Å²) >= 11 is 3.36. The molecule has 0 radical (unpaired) electrons. The van der Waals surface area contributed by atoms with Crippen LogP contribution in [0.4, 0.5) is 4.79 Å². The van der Waals surface area contributed by atoms with Crippen LogP contribution in [0.1, 0.15) is 32.1 Å². The average molecular weight is 407 g/mol. The highest BCUT2D eigenvalue weighted by Gasteiger charge is 2.17. The third kappa shape index (κ3) is 5.09. The lowest BCUT2D eigenvalue weighted by Gasteiger charge is -2.22. The third-order valence-corrected chi connectivity index (χ3v) is 4.56. The standard InChI is InChI=1S/C16H19BrN6O2/c17-12-8-6-11(7-9-12)15-20-22-23(21-15)10-14(24)19-16(25)18-13-4-2-1-3-5-13/h6-9,13H,1-5,10H2,(H2,18,19,24,25). The lowest BCUT2D eigenvalue weighted by Crippen LogP contribution is -2.46. The highest BCUT2D eigenvalue weighted by molar-refractivity contribution is 9.10. The lowest BCUT2D eigenvalue weighted by atomic mass is 9.96. The molecule has 1 saturated carbocycles. The van der Waals surface area contributed by atoms with Crippen LogP contribution in [0.15, 0.2) is 28.7 Å². The fourth-order valence-electron chi connectivity index (χ4n) is 2.79. The number of aromatic nitrogens is 4. The van der Waals surface area contributed by atoms with Gasteiger partial charge in [0.25, 0.3) is 5.91 Å². The van der Waals surface area contributed by atoms with Crippen LogP contribution in [0.2, 0.25) is 0 Å². The number of nitrogens with zero attached hydrogens (tertiary/aromatic N) is 4. The van der Waals surface area contributed by atoms with Gasteiger partial charge in [-0.1, -0.05) is 35.2 Å². The minimum atomic E-state index is -0.479. The number of carbonyl (C=O) groups is 2. The van der Waals surface area contributed by atoms with E-state index in [1.165, 1.54) is 11.2 Å². The van der Waals surface area contributed by atoms with Gasteiger partial charge in [0, 0.05) is 16.1 Å². The Morgan fingerprint density at radius 2 is 1.88 bits per heavy atom. The Hall–Kier alpha value is -2.29. The maximum absolute atomic E-state index is 11.9.